The van der Waals surface area contributed by atoms with E-state index < -0.39 is 17.5 Å². The number of hydrazine groups is 1. The third-order valence-corrected chi connectivity index (χ3v) is 3.06. The number of hydrogen-bond donors (Lipinski definition) is 3. The highest BCUT2D eigenvalue weighted by Crippen LogP contribution is 2.22. The maximum absolute atomic E-state index is 13.5. The number of guanidine groups is 1. The minimum atomic E-state index is -1.53. The Morgan fingerprint density at radius 3 is 2.47 bits per heavy atom. The Hall–Kier alpha value is -1.76. The summed E-state index contributed by atoms with van der Waals surface area (Å²) in [7, 11) is 0. The number of anilines is 1. The number of halogens is 3. The number of rotatable bonds is 2. The molecule has 7 heteroatoms. The van der Waals surface area contributed by atoms with Crippen molar-refractivity contribution in [3.63, 3.8) is 0 Å². The molecule has 19 heavy (non-hydrogen) atoms. The Bertz CT molecular complexity index is 484. The maximum atomic E-state index is 13.5. The smallest absolute Gasteiger partial charge is 0.210 e. The Kier molecular flexibility index (Phi) is 4.26. The summed E-state index contributed by atoms with van der Waals surface area (Å²) in [4.78, 5) is 4.27. The molecular formula is C12H15F3N4. The van der Waals surface area contributed by atoms with Crippen molar-refractivity contribution in [2.45, 2.75) is 31.7 Å². The Labute approximate surface area is 108 Å². The minimum absolute atomic E-state index is 0.118. The van der Waals surface area contributed by atoms with Crippen molar-refractivity contribution >= 4 is 11.6 Å². The first-order chi connectivity index (χ1) is 9.11. The lowest BCUT2D eigenvalue weighted by atomic mass is 10.2. The summed E-state index contributed by atoms with van der Waals surface area (Å²) in [6.07, 6.45) is 4.05. The zero-order valence-corrected chi connectivity index (χ0v) is 10.2. The molecule has 2 rings (SSSR count). The molecular weight excluding hydrogens is 257 g/mol. The lowest BCUT2D eigenvalue weighted by Gasteiger charge is -2.12. The van der Waals surface area contributed by atoms with Crippen molar-refractivity contribution in [2.75, 3.05) is 5.32 Å². The molecule has 0 saturated heterocycles. The lowest BCUT2D eigenvalue weighted by molar-refractivity contribution is 0.449. The highest BCUT2D eigenvalue weighted by Gasteiger charge is 2.17. The SMILES string of the molecule is NNC(=NC1CCCC1)Nc1ccc(F)c(F)c1F. The largest absolute Gasteiger partial charge is 0.323 e. The number of aliphatic imine (C=N–C) groups is 1. The van der Waals surface area contributed by atoms with Crippen molar-refractivity contribution in [1.29, 1.82) is 0 Å². The van der Waals surface area contributed by atoms with Crippen LogP contribution in [0.4, 0.5) is 18.9 Å². The lowest BCUT2D eigenvalue weighted by Crippen LogP contribution is -2.37. The molecule has 0 amide bonds. The molecule has 0 spiro atoms. The van der Waals surface area contributed by atoms with Crippen LogP contribution in [-0.2, 0) is 0 Å². The fraction of sp³-hybridized carbons (Fsp3) is 0.417. The Morgan fingerprint density at radius 1 is 1.16 bits per heavy atom. The van der Waals surface area contributed by atoms with Gasteiger partial charge in [-0.3, -0.25) is 5.43 Å². The summed E-state index contributed by atoms with van der Waals surface area (Å²) in [6.45, 7) is 0. The van der Waals surface area contributed by atoms with Crippen LogP contribution in [0.2, 0.25) is 0 Å². The zero-order valence-electron chi connectivity index (χ0n) is 10.2. The maximum Gasteiger partial charge on any atom is 0.210 e. The summed E-state index contributed by atoms with van der Waals surface area (Å²) >= 11 is 0. The van der Waals surface area contributed by atoms with Crippen LogP contribution in [0, 0.1) is 17.5 Å². The van der Waals surface area contributed by atoms with Gasteiger partial charge in [0.25, 0.3) is 0 Å². The molecule has 0 unspecified atom stereocenters. The van der Waals surface area contributed by atoms with E-state index in [2.05, 4.69) is 15.7 Å². The molecule has 0 radical (unpaired) electrons. The van der Waals surface area contributed by atoms with Gasteiger partial charge in [-0.2, -0.15) is 0 Å². The number of nitrogens with zero attached hydrogens (tertiary/aromatic N) is 1. The predicted octanol–water partition coefficient (Wildman–Crippen LogP) is 2.28. The highest BCUT2D eigenvalue weighted by molar-refractivity contribution is 5.93. The van der Waals surface area contributed by atoms with E-state index in [9.17, 15) is 13.2 Å². The molecule has 4 nitrogen and oxygen atoms in total. The summed E-state index contributed by atoms with van der Waals surface area (Å²) in [5, 5.41) is 2.52. The normalized spacial score (nSPS) is 16.7. The molecule has 1 fully saturated rings. The second-order valence-electron chi connectivity index (χ2n) is 4.41. The standard InChI is InChI=1S/C12H15F3N4/c13-8-5-6-9(11(15)10(8)14)18-12(19-16)17-7-3-1-2-4-7/h5-7H,1-4,16H2,(H2,17,18,19). The minimum Gasteiger partial charge on any atom is -0.323 e. The fourth-order valence-electron chi connectivity index (χ4n) is 2.07. The van der Waals surface area contributed by atoms with E-state index in [1.807, 2.05) is 0 Å². The van der Waals surface area contributed by atoms with Crippen molar-refractivity contribution < 1.29 is 13.2 Å². The molecule has 0 bridgehead atoms. The van der Waals surface area contributed by atoms with Gasteiger partial charge in [-0.1, -0.05) is 12.8 Å². The fourth-order valence-corrected chi connectivity index (χ4v) is 2.07. The van der Waals surface area contributed by atoms with Crippen LogP contribution in [0.1, 0.15) is 25.7 Å². The van der Waals surface area contributed by atoms with Crippen molar-refractivity contribution in [2.24, 2.45) is 10.8 Å². The van der Waals surface area contributed by atoms with Gasteiger partial charge < -0.3 is 5.32 Å². The molecule has 1 saturated carbocycles. The number of nitrogens with two attached hydrogens (primary N) is 1. The average molecular weight is 272 g/mol. The summed E-state index contributed by atoms with van der Waals surface area (Å²) in [5.74, 6) is 1.36. The molecule has 104 valence electrons. The van der Waals surface area contributed by atoms with Crippen LogP contribution in [0.3, 0.4) is 0 Å². The van der Waals surface area contributed by atoms with Gasteiger partial charge >= 0.3 is 0 Å². The van der Waals surface area contributed by atoms with Crippen molar-refractivity contribution in [3.8, 4) is 0 Å². The van der Waals surface area contributed by atoms with E-state index in [1.165, 1.54) is 0 Å². The summed E-state index contributed by atoms with van der Waals surface area (Å²) < 4.78 is 39.3. The van der Waals surface area contributed by atoms with Gasteiger partial charge in [-0.15, -0.1) is 0 Å². The molecule has 1 aliphatic carbocycles. The van der Waals surface area contributed by atoms with Crippen molar-refractivity contribution in [1.82, 2.24) is 5.43 Å². The second kappa shape index (κ2) is 5.92. The third-order valence-electron chi connectivity index (χ3n) is 3.06. The number of nitrogens with one attached hydrogen (secondary N) is 2. The van der Waals surface area contributed by atoms with E-state index in [0.717, 1.165) is 37.8 Å². The molecule has 1 aliphatic rings. The van der Waals surface area contributed by atoms with Gasteiger partial charge in [0.05, 0.1) is 11.7 Å². The number of benzene rings is 1. The van der Waals surface area contributed by atoms with Crippen LogP contribution in [0.15, 0.2) is 17.1 Å². The van der Waals surface area contributed by atoms with Gasteiger partial charge in [0.1, 0.15) is 0 Å². The first-order valence-corrected chi connectivity index (χ1v) is 6.06. The number of hydrogen-bond acceptors (Lipinski definition) is 2. The zero-order chi connectivity index (χ0) is 13.8. The van der Waals surface area contributed by atoms with E-state index in [4.69, 9.17) is 5.84 Å². The third kappa shape index (κ3) is 3.17. The molecule has 4 N–H and O–H groups in total. The first-order valence-electron chi connectivity index (χ1n) is 6.06. The van der Waals surface area contributed by atoms with Crippen LogP contribution in [0.25, 0.3) is 0 Å². The molecule has 0 aliphatic heterocycles. The van der Waals surface area contributed by atoms with E-state index >= 15 is 0 Å². The van der Waals surface area contributed by atoms with Gasteiger partial charge in [0, 0.05) is 0 Å². The van der Waals surface area contributed by atoms with E-state index in [-0.39, 0.29) is 17.7 Å². The predicted molar refractivity (Wildman–Crippen MR) is 67.0 cm³/mol. The van der Waals surface area contributed by atoms with Crippen LogP contribution < -0.4 is 16.6 Å². The van der Waals surface area contributed by atoms with E-state index in [0.29, 0.717) is 0 Å². The quantitative estimate of drug-likeness (QED) is 0.254. The summed E-state index contributed by atoms with van der Waals surface area (Å²) in [6, 6.07) is 2.05. The molecule has 0 atom stereocenters. The second-order valence-corrected chi connectivity index (χ2v) is 4.41. The molecule has 0 aromatic heterocycles. The monoisotopic (exact) mass is 272 g/mol. The van der Waals surface area contributed by atoms with Gasteiger partial charge in [0.2, 0.25) is 5.96 Å². The average Bonchev–Trinajstić information content (AvgIpc) is 2.91. The highest BCUT2D eigenvalue weighted by atomic mass is 19.2. The first kappa shape index (κ1) is 13.7. The molecule has 0 heterocycles. The van der Waals surface area contributed by atoms with Gasteiger partial charge in [-0.05, 0) is 25.0 Å². The summed E-state index contributed by atoms with van der Waals surface area (Å²) in [5.41, 5.74) is 2.08. The molecule has 1 aromatic carbocycles. The van der Waals surface area contributed by atoms with Crippen LogP contribution in [0.5, 0.6) is 0 Å². The Morgan fingerprint density at radius 2 is 1.84 bits per heavy atom. The Balaban J connectivity index is 2.16. The van der Waals surface area contributed by atoms with E-state index in [1.54, 1.807) is 0 Å². The van der Waals surface area contributed by atoms with Gasteiger partial charge in [0.15, 0.2) is 17.5 Å². The molecule has 1 aromatic rings. The van der Waals surface area contributed by atoms with Crippen LogP contribution >= 0.6 is 0 Å². The topological polar surface area (TPSA) is 62.4 Å². The van der Waals surface area contributed by atoms with Gasteiger partial charge in [-0.25, -0.2) is 24.0 Å². The van der Waals surface area contributed by atoms with Crippen LogP contribution in [-0.4, -0.2) is 12.0 Å². The van der Waals surface area contributed by atoms with Crippen molar-refractivity contribution in [3.05, 3.63) is 29.6 Å².